The van der Waals surface area contributed by atoms with Gasteiger partial charge in [0.1, 0.15) is 11.3 Å². The number of ether oxygens (including phenoxy) is 1. The van der Waals surface area contributed by atoms with E-state index < -0.39 is 5.54 Å². The van der Waals surface area contributed by atoms with Crippen molar-refractivity contribution in [2.75, 3.05) is 7.11 Å². The second-order valence-electron chi connectivity index (χ2n) is 5.45. The van der Waals surface area contributed by atoms with E-state index in [2.05, 4.69) is 33.1 Å². The van der Waals surface area contributed by atoms with Gasteiger partial charge in [-0.05, 0) is 41.8 Å². The molecule has 3 rings (SSSR count). The second-order valence-corrected chi connectivity index (χ2v) is 6.37. The maximum Gasteiger partial charge on any atom is 0.235 e. The van der Waals surface area contributed by atoms with Crippen molar-refractivity contribution in [2.24, 2.45) is 4.99 Å². The fourth-order valence-corrected chi connectivity index (χ4v) is 3.77. The van der Waals surface area contributed by atoms with E-state index in [1.54, 1.807) is 13.2 Å². The summed E-state index contributed by atoms with van der Waals surface area (Å²) in [7, 11) is 1.66. The lowest BCUT2D eigenvalue weighted by Crippen LogP contribution is -2.20. The van der Waals surface area contributed by atoms with Gasteiger partial charge < -0.3 is 4.74 Å². The third kappa shape index (κ3) is 2.39. The van der Waals surface area contributed by atoms with Crippen LogP contribution in [0.15, 0.2) is 39.8 Å². The van der Waals surface area contributed by atoms with Gasteiger partial charge in [-0.25, -0.2) is 4.79 Å². The van der Waals surface area contributed by atoms with Crippen molar-refractivity contribution >= 4 is 32.8 Å². The van der Waals surface area contributed by atoms with Crippen molar-refractivity contribution < 1.29 is 9.53 Å². The van der Waals surface area contributed by atoms with E-state index in [4.69, 9.17) is 4.74 Å². The number of hydrogen-bond acceptors (Lipinski definition) is 3. The standard InChI is InChI=1S/C17H16BrNO2/c1-21-15-7-4-12-10-13(18)5-6-14(12)16(15)17(19-11-20)8-2-3-9-17/h4-7,10H,2-3,8-9H2,1H3. The number of isocyanates is 1. The second kappa shape index (κ2) is 5.63. The topological polar surface area (TPSA) is 38.7 Å². The first kappa shape index (κ1) is 14.3. The number of carbonyl (C=O) groups excluding carboxylic acids is 1. The minimum Gasteiger partial charge on any atom is -0.496 e. The van der Waals surface area contributed by atoms with E-state index in [0.29, 0.717) is 0 Å². The third-order valence-corrected chi connectivity index (χ3v) is 4.81. The lowest BCUT2D eigenvalue weighted by molar-refractivity contribution is 0.382. The first-order valence-corrected chi connectivity index (χ1v) is 7.85. The fourth-order valence-electron chi connectivity index (χ4n) is 3.40. The van der Waals surface area contributed by atoms with Gasteiger partial charge in [0.05, 0.1) is 7.11 Å². The Morgan fingerprint density at radius 1 is 1.24 bits per heavy atom. The lowest BCUT2D eigenvalue weighted by Gasteiger charge is -2.26. The van der Waals surface area contributed by atoms with Crippen molar-refractivity contribution in [3.63, 3.8) is 0 Å². The van der Waals surface area contributed by atoms with Gasteiger partial charge in [0.25, 0.3) is 0 Å². The van der Waals surface area contributed by atoms with Crippen LogP contribution in [0.4, 0.5) is 0 Å². The van der Waals surface area contributed by atoms with Crippen LogP contribution in [0.3, 0.4) is 0 Å². The van der Waals surface area contributed by atoms with E-state index in [0.717, 1.165) is 52.2 Å². The molecule has 1 aliphatic carbocycles. The van der Waals surface area contributed by atoms with Gasteiger partial charge in [-0.3, -0.25) is 0 Å². The number of benzene rings is 2. The highest BCUT2D eigenvalue weighted by molar-refractivity contribution is 9.10. The fraction of sp³-hybridized carbons (Fsp3) is 0.353. The molecule has 108 valence electrons. The van der Waals surface area contributed by atoms with Crippen molar-refractivity contribution in [3.05, 3.63) is 40.4 Å². The van der Waals surface area contributed by atoms with E-state index in [1.165, 1.54) is 0 Å². The Bertz CT molecular complexity index is 729. The van der Waals surface area contributed by atoms with Crippen LogP contribution in [0.25, 0.3) is 10.8 Å². The van der Waals surface area contributed by atoms with Crippen LogP contribution < -0.4 is 4.74 Å². The molecule has 1 fully saturated rings. The Labute approximate surface area is 132 Å². The van der Waals surface area contributed by atoms with Crippen molar-refractivity contribution in [1.29, 1.82) is 0 Å². The summed E-state index contributed by atoms with van der Waals surface area (Å²) in [6.45, 7) is 0. The maximum atomic E-state index is 11.0. The molecule has 0 N–H and O–H groups in total. The molecule has 2 aromatic rings. The molecule has 0 aromatic heterocycles. The lowest BCUT2D eigenvalue weighted by atomic mass is 9.84. The highest BCUT2D eigenvalue weighted by Crippen LogP contribution is 2.48. The molecule has 2 aromatic carbocycles. The summed E-state index contributed by atoms with van der Waals surface area (Å²) in [5, 5.41) is 2.21. The van der Waals surface area contributed by atoms with Gasteiger partial charge in [-0.15, -0.1) is 0 Å². The van der Waals surface area contributed by atoms with Crippen LogP contribution in [-0.4, -0.2) is 13.2 Å². The molecule has 0 saturated heterocycles. The van der Waals surface area contributed by atoms with Crippen LogP contribution in [-0.2, 0) is 10.3 Å². The minimum atomic E-state index is -0.486. The van der Waals surface area contributed by atoms with Gasteiger partial charge in [0, 0.05) is 10.0 Å². The van der Waals surface area contributed by atoms with Crippen molar-refractivity contribution in [3.8, 4) is 5.75 Å². The Morgan fingerprint density at radius 2 is 2.00 bits per heavy atom. The number of fused-ring (bicyclic) bond motifs is 1. The maximum absolute atomic E-state index is 11.0. The molecule has 0 heterocycles. The molecule has 4 heteroatoms. The molecular weight excluding hydrogens is 330 g/mol. The van der Waals surface area contributed by atoms with Crippen molar-refractivity contribution in [1.82, 2.24) is 0 Å². The highest BCUT2D eigenvalue weighted by atomic mass is 79.9. The highest BCUT2D eigenvalue weighted by Gasteiger charge is 2.39. The molecular formula is C17H16BrNO2. The molecule has 1 aliphatic rings. The van der Waals surface area contributed by atoms with E-state index in [9.17, 15) is 4.79 Å². The summed E-state index contributed by atoms with van der Waals surface area (Å²) < 4.78 is 6.60. The van der Waals surface area contributed by atoms with E-state index in [-0.39, 0.29) is 0 Å². The zero-order chi connectivity index (χ0) is 14.9. The van der Waals surface area contributed by atoms with Crippen molar-refractivity contribution in [2.45, 2.75) is 31.2 Å². The number of rotatable bonds is 3. The molecule has 0 amide bonds. The van der Waals surface area contributed by atoms with E-state index in [1.807, 2.05) is 18.2 Å². The average molecular weight is 346 g/mol. The molecule has 0 unspecified atom stereocenters. The summed E-state index contributed by atoms with van der Waals surface area (Å²) in [6, 6.07) is 10.2. The predicted octanol–water partition coefficient (Wildman–Crippen LogP) is 4.72. The monoisotopic (exact) mass is 345 g/mol. The zero-order valence-electron chi connectivity index (χ0n) is 11.9. The Morgan fingerprint density at radius 3 is 2.67 bits per heavy atom. The Kier molecular flexibility index (Phi) is 3.83. The summed E-state index contributed by atoms with van der Waals surface area (Å²) in [6.07, 6.45) is 5.67. The summed E-state index contributed by atoms with van der Waals surface area (Å²) in [5.41, 5.74) is 0.538. The molecule has 0 atom stereocenters. The summed E-state index contributed by atoms with van der Waals surface area (Å²) in [5.74, 6) is 0.797. The first-order valence-electron chi connectivity index (χ1n) is 7.06. The van der Waals surface area contributed by atoms with Gasteiger partial charge in [-0.1, -0.05) is 40.9 Å². The average Bonchev–Trinajstić information content (AvgIpc) is 2.95. The molecule has 0 spiro atoms. The smallest absolute Gasteiger partial charge is 0.235 e. The molecule has 0 bridgehead atoms. The number of hydrogen-bond donors (Lipinski definition) is 0. The first-order chi connectivity index (χ1) is 10.2. The predicted molar refractivity (Wildman–Crippen MR) is 86.5 cm³/mol. The van der Waals surface area contributed by atoms with Gasteiger partial charge in [0.15, 0.2) is 0 Å². The molecule has 3 nitrogen and oxygen atoms in total. The van der Waals surface area contributed by atoms with Crippen LogP contribution in [0.5, 0.6) is 5.75 Å². The number of nitrogens with zero attached hydrogens (tertiary/aromatic N) is 1. The Hall–Kier alpha value is -1.64. The molecule has 0 radical (unpaired) electrons. The van der Waals surface area contributed by atoms with Gasteiger partial charge >= 0.3 is 0 Å². The summed E-state index contributed by atoms with van der Waals surface area (Å²) in [4.78, 5) is 15.2. The van der Waals surface area contributed by atoms with E-state index >= 15 is 0 Å². The normalized spacial score (nSPS) is 16.7. The quantitative estimate of drug-likeness (QED) is 0.596. The minimum absolute atomic E-state index is 0.486. The molecule has 21 heavy (non-hydrogen) atoms. The largest absolute Gasteiger partial charge is 0.496 e. The van der Waals surface area contributed by atoms with Crippen LogP contribution in [0.2, 0.25) is 0 Å². The van der Waals surface area contributed by atoms with Crippen LogP contribution in [0.1, 0.15) is 31.2 Å². The SMILES string of the molecule is COc1ccc2cc(Br)ccc2c1C1(N=C=O)CCCC1. The molecule has 0 aliphatic heterocycles. The summed E-state index contributed by atoms with van der Waals surface area (Å²) >= 11 is 3.50. The zero-order valence-corrected chi connectivity index (χ0v) is 13.4. The number of halogens is 1. The Balaban J connectivity index is 2.35. The van der Waals surface area contributed by atoms with Crippen LogP contribution >= 0.6 is 15.9 Å². The number of methoxy groups -OCH3 is 1. The van der Waals surface area contributed by atoms with Gasteiger partial charge in [0.2, 0.25) is 6.08 Å². The molecule has 1 saturated carbocycles. The number of aliphatic imine (C=N–C) groups is 1. The third-order valence-electron chi connectivity index (χ3n) is 4.32. The van der Waals surface area contributed by atoms with Crippen LogP contribution in [0, 0.1) is 0 Å². The van der Waals surface area contributed by atoms with Gasteiger partial charge in [-0.2, -0.15) is 4.99 Å².